The van der Waals surface area contributed by atoms with E-state index in [4.69, 9.17) is 28.9 Å². The number of nitrogen functional groups attached to an aromatic ring is 1. The van der Waals surface area contributed by atoms with Crippen molar-refractivity contribution in [3.05, 3.63) is 52.0 Å². The molecule has 0 aromatic heterocycles. The van der Waals surface area contributed by atoms with Gasteiger partial charge in [-0.25, -0.2) is 0 Å². The Morgan fingerprint density at radius 1 is 1.11 bits per heavy atom. The molecule has 2 nitrogen and oxygen atoms in total. The van der Waals surface area contributed by atoms with E-state index in [1.54, 1.807) is 0 Å². The largest absolute Gasteiger partial charge is 0.397 e. The normalized spacial score (nSPS) is 10.4. The summed E-state index contributed by atoms with van der Waals surface area (Å²) in [5.74, 6) is 0. The molecule has 0 radical (unpaired) electrons. The number of nitrogens with two attached hydrogens (primary N) is 1. The summed E-state index contributed by atoms with van der Waals surface area (Å²) in [5, 5.41) is 1.25. The fraction of sp³-hybridized carbons (Fsp3) is 0.143. The Morgan fingerprint density at radius 2 is 1.83 bits per heavy atom. The number of rotatable bonds is 2. The first-order valence-corrected chi connectivity index (χ1v) is 6.29. The summed E-state index contributed by atoms with van der Waals surface area (Å²) in [6, 6.07) is 11.5. The highest BCUT2D eigenvalue weighted by atomic mass is 35.5. The van der Waals surface area contributed by atoms with Crippen molar-refractivity contribution in [3.63, 3.8) is 0 Å². The predicted molar refractivity (Wildman–Crippen MR) is 80.1 cm³/mol. The summed E-state index contributed by atoms with van der Waals surface area (Å²) >= 11 is 12.2. The third kappa shape index (κ3) is 2.55. The molecule has 4 heteroatoms. The number of hydrogen-bond acceptors (Lipinski definition) is 2. The van der Waals surface area contributed by atoms with E-state index in [1.165, 1.54) is 0 Å². The first-order chi connectivity index (χ1) is 8.49. The molecular weight excluding hydrogens is 267 g/mol. The number of benzene rings is 2. The van der Waals surface area contributed by atoms with Gasteiger partial charge in [0.1, 0.15) is 0 Å². The SMILES string of the molecule is Cc1cc(N)c(Cl)c(N(C)c2cccc(Cl)c2)c1. The van der Waals surface area contributed by atoms with Crippen molar-refractivity contribution < 1.29 is 0 Å². The second-order valence-electron chi connectivity index (χ2n) is 4.23. The molecule has 2 aromatic carbocycles. The summed E-state index contributed by atoms with van der Waals surface area (Å²) in [4.78, 5) is 1.97. The van der Waals surface area contributed by atoms with Crippen LogP contribution in [0.5, 0.6) is 0 Å². The third-order valence-corrected chi connectivity index (χ3v) is 3.43. The highest BCUT2D eigenvalue weighted by Gasteiger charge is 2.11. The van der Waals surface area contributed by atoms with Crippen LogP contribution in [0.15, 0.2) is 36.4 Å². The van der Waals surface area contributed by atoms with Gasteiger partial charge in [-0.15, -0.1) is 0 Å². The lowest BCUT2D eigenvalue weighted by Gasteiger charge is -2.22. The van der Waals surface area contributed by atoms with Crippen molar-refractivity contribution in [2.24, 2.45) is 0 Å². The zero-order valence-corrected chi connectivity index (χ0v) is 11.8. The monoisotopic (exact) mass is 280 g/mol. The van der Waals surface area contributed by atoms with Crippen LogP contribution in [-0.4, -0.2) is 7.05 Å². The number of anilines is 3. The molecule has 0 bridgehead atoms. The second kappa shape index (κ2) is 5.09. The van der Waals surface area contributed by atoms with Gasteiger partial charge >= 0.3 is 0 Å². The second-order valence-corrected chi connectivity index (χ2v) is 5.04. The van der Waals surface area contributed by atoms with Crippen LogP contribution < -0.4 is 10.6 Å². The Morgan fingerprint density at radius 3 is 2.50 bits per heavy atom. The molecule has 0 aliphatic carbocycles. The fourth-order valence-electron chi connectivity index (χ4n) is 1.85. The first kappa shape index (κ1) is 13.1. The van der Waals surface area contributed by atoms with Crippen LogP contribution in [-0.2, 0) is 0 Å². The van der Waals surface area contributed by atoms with E-state index in [0.717, 1.165) is 16.9 Å². The van der Waals surface area contributed by atoms with E-state index in [0.29, 0.717) is 15.7 Å². The Hall–Kier alpha value is -1.38. The van der Waals surface area contributed by atoms with Crippen LogP contribution >= 0.6 is 23.2 Å². The van der Waals surface area contributed by atoms with Crippen LogP contribution in [0.25, 0.3) is 0 Å². The zero-order chi connectivity index (χ0) is 13.3. The van der Waals surface area contributed by atoms with Crippen LogP contribution in [0.2, 0.25) is 10.0 Å². The average Bonchev–Trinajstić information content (AvgIpc) is 2.33. The Labute approximate surface area is 117 Å². The number of hydrogen-bond donors (Lipinski definition) is 1. The van der Waals surface area contributed by atoms with Crippen molar-refractivity contribution in [1.82, 2.24) is 0 Å². The lowest BCUT2D eigenvalue weighted by Crippen LogP contribution is -2.11. The molecule has 0 aliphatic rings. The first-order valence-electron chi connectivity index (χ1n) is 5.54. The maximum absolute atomic E-state index is 6.25. The van der Waals surface area contributed by atoms with Gasteiger partial charge in [0.05, 0.1) is 16.4 Å². The van der Waals surface area contributed by atoms with Crippen LogP contribution in [0.3, 0.4) is 0 Å². The predicted octanol–water partition coefficient (Wildman–Crippen LogP) is 4.65. The maximum Gasteiger partial charge on any atom is 0.0872 e. The van der Waals surface area contributed by atoms with Crippen molar-refractivity contribution in [2.45, 2.75) is 6.92 Å². The van der Waals surface area contributed by atoms with Gasteiger partial charge in [0.2, 0.25) is 0 Å². The molecule has 2 N–H and O–H groups in total. The molecule has 0 heterocycles. The summed E-state index contributed by atoms with van der Waals surface area (Å²) in [6.07, 6.45) is 0. The van der Waals surface area contributed by atoms with Crippen LogP contribution in [0, 0.1) is 6.92 Å². The summed E-state index contributed by atoms with van der Waals surface area (Å²) in [5.41, 5.74) is 9.38. The summed E-state index contributed by atoms with van der Waals surface area (Å²) in [6.45, 7) is 1.99. The maximum atomic E-state index is 6.25. The third-order valence-electron chi connectivity index (χ3n) is 2.78. The van der Waals surface area contributed by atoms with Gasteiger partial charge in [0, 0.05) is 17.8 Å². The van der Waals surface area contributed by atoms with E-state index < -0.39 is 0 Å². The summed E-state index contributed by atoms with van der Waals surface area (Å²) in [7, 11) is 1.94. The minimum Gasteiger partial charge on any atom is -0.397 e. The minimum atomic E-state index is 0.558. The van der Waals surface area contributed by atoms with Gasteiger partial charge in [-0.3, -0.25) is 0 Å². The molecule has 0 atom stereocenters. The molecular formula is C14H14Cl2N2. The molecule has 0 fully saturated rings. The highest BCUT2D eigenvalue weighted by molar-refractivity contribution is 6.36. The van der Waals surface area contributed by atoms with Gasteiger partial charge < -0.3 is 10.6 Å². The van der Waals surface area contributed by atoms with E-state index in [-0.39, 0.29) is 0 Å². The van der Waals surface area contributed by atoms with E-state index in [1.807, 2.05) is 55.3 Å². The van der Waals surface area contributed by atoms with Crippen molar-refractivity contribution in [2.75, 3.05) is 17.7 Å². The lowest BCUT2D eigenvalue weighted by molar-refractivity contribution is 1.20. The number of halogens is 2. The Kier molecular flexibility index (Phi) is 3.69. The molecule has 2 aromatic rings. The molecule has 18 heavy (non-hydrogen) atoms. The molecule has 94 valence electrons. The molecule has 0 unspecified atom stereocenters. The van der Waals surface area contributed by atoms with E-state index in [2.05, 4.69) is 0 Å². The van der Waals surface area contributed by atoms with Gasteiger partial charge in [0.25, 0.3) is 0 Å². The van der Waals surface area contributed by atoms with Crippen molar-refractivity contribution in [1.29, 1.82) is 0 Å². The van der Waals surface area contributed by atoms with Crippen molar-refractivity contribution >= 4 is 40.3 Å². The van der Waals surface area contributed by atoms with Gasteiger partial charge in [-0.1, -0.05) is 29.3 Å². The fourth-order valence-corrected chi connectivity index (χ4v) is 2.27. The van der Waals surface area contributed by atoms with E-state index >= 15 is 0 Å². The molecule has 0 saturated carbocycles. The van der Waals surface area contributed by atoms with Crippen LogP contribution in [0.4, 0.5) is 17.1 Å². The zero-order valence-electron chi connectivity index (χ0n) is 10.2. The minimum absolute atomic E-state index is 0.558. The quantitative estimate of drug-likeness (QED) is 0.812. The highest BCUT2D eigenvalue weighted by Crippen LogP contribution is 2.36. The average molecular weight is 281 g/mol. The molecule has 0 spiro atoms. The van der Waals surface area contributed by atoms with Gasteiger partial charge in [-0.05, 0) is 42.8 Å². The number of aryl methyl sites for hydroxylation is 1. The Balaban J connectivity index is 2.49. The topological polar surface area (TPSA) is 29.3 Å². The standard InChI is InChI=1S/C14H14Cl2N2/c1-9-6-12(17)14(16)13(7-9)18(2)11-5-3-4-10(15)8-11/h3-8H,17H2,1-2H3. The number of nitrogens with zero attached hydrogens (tertiary/aromatic N) is 1. The summed E-state index contributed by atoms with van der Waals surface area (Å²) < 4.78 is 0. The molecule has 2 rings (SSSR count). The molecule has 0 saturated heterocycles. The Bertz CT molecular complexity index is 582. The lowest BCUT2D eigenvalue weighted by atomic mass is 10.1. The van der Waals surface area contributed by atoms with Gasteiger partial charge in [-0.2, -0.15) is 0 Å². The molecule has 0 aliphatic heterocycles. The van der Waals surface area contributed by atoms with Gasteiger partial charge in [0.15, 0.2) is 0 Å². The molecule has 0 amide bonds. The smallest absolute Gasteiger partial charge is 0.0872 e. The van der Waals surface area contributed by atoms with Crippen LogP contribution in [0.1, 0.15) is 5.56 Å². The van der Waals surface area contributed by atoms with Crippen molar-refractivity contribution in [3.8, 4) is 0 Å². The van der Waals surface area contributed by atoms with E-state index in [9.17, 15) is 0 Å².